The van der Waals surface area contributed by atoms with Crippen molar-refractivity contribution in [2.45, 2.75) is 6.92 Å². The molecule has 0 saturated carbocycles. The van der Waals surface area contributed by atoms with Gasteiger partial charge in [-0.05, 0) is 25.1 Å². The maximum Gasteiger partial charge on any atom is 0.159 e. The molecule has 0 unspecified atom stereocenters. The zero-order valence-electron chi connectivity index (χ0n) is 8.34. The average molecular weight is 241 g/mol. The minimum Gasteiger partial charge on any atom is -0.233 e. The molecule has 5 heteroatoms. The highest BCUT2D eigenvalue weighted by atomic mass is 35.5. The van der Waals surface area contributed by atoms with E-state index in [1.807, 2.05) is 0 Å². The van der Waals surface area contributed by atoms with Crippen LogP contribution in [0.3, 0.4) is 0 Å². The lowest BCUT2D eigenvalue weighted by Gasteiger charge is -2.03. The van der Waals surface area contributed by atoms with Gasteiger partial charge in [-0.25, -0.2) is 18.7 Å². The van der Waals surface area contributed by atoms with Crippen molar-refractivity contribution in [3.63, 3.8) is 0 Å². The summed E-state index contributed by atoms with van der Waals surface area (Å²) >= 11 is 5.75. The predicted molar refractivity (Wildman–Crippen MR) is 57.1 cm³/mol. The molecule has 0 fully saturated rings. The Morgan fingerprint density at radius 1 is 1.06 bits per heavy atom. The molecule has 2 nitrogen and oxygen atoms in total. The molecule has 0 aliphatic rings. The Morgan fingerprint density at radius 3 is 2.44 bits per heavy atom. The van der Waals surface area contributed by atoms with Crippen molar-refractivity contribution in [3.8, 4) is 11.3 Å². The number of benzene rings is 1. The number of hydrogen-bond acceptors (Lipinski definition) is 2. The molecule has 0 amide bonds. The SMILES string of the molecule is Cc1nc(Cl)cc(-c2ccc(F)c(F)c2)n1. The first-order chi connectivity index (χ1) is 7.56. The Balaban J connectivity index is 2.54. The molecule has 0 radical (unpaired) electrons. The molecule has 82 valence electrons. The monoisotopic (exact) mass is 240 g/mol. The molecule has 2 rings (SSSR count). The van der Waals surface area contributed by atoms with Crippen LogP contribution in [0.4, 0.5) is 8.78 Å². The summed E-state index contributed by atoms with van der Waals surface area (Å²) in [6.07, 6.45) is 0. The van der Waals surface area contributed by atoms with Crippen molar-refractivity contribution >= 4 is 11.6 Å². The average Bonchev–Trinajstić information content (AvgIpc) is 2.20. The maximum atomic E-state index is 13.0. The standard InChI is InChI=1S/C11H7ClF2N2/c1-6-15-10(5-11(12)16-6)7-2-3-8(13)9(14)4-7/h2-5H,1H3. The van der Waals surface area contributed by atoms with Gasteiger partial charge in [-0.2, -0.15) is 0 Å². The highest BCUT2D eigenvalue weighted by molar-refractivity contribution is 6.29. The van der Waals surface area contributed by atoms with Crippen LogP contribution in [0.25, 0.3) is 11.3 Å². The highest BCUT2D eigenvalue weighted by Crippen LogP contribution is 2.21. The smallest absolute Gasteiger partial charge is 0.159 e. The van der Waals surface area contributed by atoms with E-state index >= 15 is 0 Å². The van der Waals surface area contributed by atoms with Crippen LogP contribution >= 0.6 is 11.6 Å². The molecule has 1 heterocycles. The summed E-state index contributed by atoms with van der Waals surface area (Å²) < 4.78 is 25.8. The van der Waals surface area contributed by atoms with Crippen molar-refractivity contribution < 1.29 is 8.78 Å². The first-order valence-electron chi connectivity index (χ1n) is 4.53. The lowest BCUT2D eigenvalue weighted by atomic mass is 10.1. The second-order valence-electron chi connectivity index (χ2n) is 3.25. The molecule has 0 atom stereocenters. The summed E-state index contributed by atoms with van der Waals surface area (Å²) in [6, 6.07) is 5.07. The molecule has 16 heavy (non-hydrogen) atoms. The predicted octanol–water partition coefficient (Wildman–Crippen LogP) is 3.38. The van der Waals surface area contributed by atoms with Crippen LogP contribution < -0.4 is 0 Å². The Bertz CT molecular complexity index is 523. The summed E-state index contributed by atoms with van der Waals surface area (Å²) in [5.41, 5.74) is 0.933. The molecule has 1 aromatic carbocycles. The normalized spacial score (nSPS) is 10.5. The molecular formula is C11H7ClF2N2. The Labute approximate surface area is 95.9 Å². The van der Waals surface area contributed by atoms with Crippen molar-refractivity contribution in [3.05, 3.63) is 46.9 Å². The molecule has 0 N–H and O–H groups in total. The van der Waals surface area contributed by atoms with Crippen LogP contribution in [0.1, 0.15) is 5.82 Å². The van der Waals surface area contributed by atoms with E-state index in [2.05, 4.69) is 9.97 Å². The van der Waals surface area contributed by atoms with E-state index in [1.54, 1.807) is 6.92 Å². The van der Waals surface area contributed by atoms with Gasteiger partial charge in [0.15, 0.2) is 11.6 Å². The van der Waals surface area contributed by atoms with Crippen LogP contribution in [0, 0.1) is 18.6 Å². The number of rotatable bonds is 1. The third-order valence-electron chi connectivity index (χ3n) is 2.02. The fraction of sp³-hybridized carbons (Fsp3) is 0.0909. The zero-order valence-corrected chi connectivity index (χ0v) is 9.09. The first kappa shape index (κ1) is 11.0. The van der Waals surface area contributed by atoms with Crippen molar-refractivity contribution in [1.29, 1.82) is 0 Å². The number of nitrogens with zero attached hydrogens (tertiary/aromatic N) is 2. The third-order valence-corrected chi connectivity index (χ3v) is 2.22. The Kier molecular flexibility index (Phi) is 2.83. The van der Waals surface area contributed by atoms with Gasteiger partial charge >= 0.3 is 0 Å². The fourth-order valence-corrected chi connectivity index (χ4v) is 1.56. The number of hydrogen-bond donors (Lipinski definition) is 0. The highest BCUT2D eigenvalue weighted by Gasteiger charge is 2.07. The van der Waals surface area contributed by atoms with Crippen LogP contribution in [0.15, 0.2) is 24.3 Å². The molecule has 2 aromatic rings. The van der Waals surface area contributed by atoms with Crippen molar-refractivity contribution in [2.75, 3.05) is 0 Å². The van der Waals surface area contributed by atoms with Gasteiger partial charge in [-0.3, -0.25) is 0 Å². The van der Waals surface area contributed by atoms with Gasteiger partial charge in [-0.15, -0.1) is 0 Å². The summed E-state index contributed by atoms with van der Waals surface area (Å²) in [6.45, 7) is 1.68. The summed E-state index contributed by atoms with van der Waals surface area (Å²) in [7, 11) is 0. The quantitative estimate of drug-likeness (QED) is 0.714. The fourth-order valence-electron chi connectivity index (χ4n) is 1.33. The van der Waals surface area contributed by atoms with E-state index in [9.17, 15) is 8.78 Å². The number of halogens is 3. The lowest BCUT2D eigenvalue weighted by molar-refractivity contribution is 0.509. The molecule has 0 aliphatic carbocycles. The van der Waals surface area contributed by atoms with Gasteiger partial charge in [-0.1, -0.05) is 11.6 Å². The molecular weight excluding hydrogens is 234 g/mol. The third kappa shape index (κ3) is 2.17. The van der Waals surface area contributed by atoms with E-state index in [0.29, 0.717) is 17.1 Å². The van der Waals surface area contributed by atoms with Crippen LogP contribution in [0.5, 0.6) is 0 Å². The lowest BCUT2D eigenvalue weighted by Crippen LogP contribution is -1.93. The van der Waals surface area contributed by atoms with Crippen LogP contribution in [-0.4, -0.2) is 9.97 Å². The first-order valence-corrected chi connectivity index (χ1v) is 4.90. The number of aromatic nitrogens is 2. The van der Waals surface area contributed by atoms with E-state index < -0.39 is 11.6 Å². The molecule has 0 aliphatic heterocycles. The Hall–Kier alpha value is -1.55. The van der Waals surface area contributed by atoms with Gasteiger partial charge in [0, 0.05) is 11.6 Å². The van der Waals surface area contributed by atoms with E-state index in [0.717, 1.165) is 12.1 Å². The van der Waals surface area contributed by atoms with Gasteiger partial charge in [0.1, 0.15) is 11.0 Å². The van der Waals surface area contributed by atoms with Gasteiger partial charge in [0.2, 0.25) is 0 Å². The van der Waals surface area contributed by atoms with Crippen molar-refractivity contribution in [2.24, 2.45) is 0 Å². The maximum absolute atomic E-state index is 13.0. The number of aryl methyl sites for hydroxylation is 1. The van der Waals surface area contributed by atoms with Gasteiger partial charge < -0.3 is 0 Å². The summed E-state index contributed by atoms with van der Waals surface area (Å²) in [5.74, 6) is -1.32. The second-order valence-corrected chi connectivity index (χ2v) is 3.64. The second kappa shape index (κ2) is 4.14. The molecule has 0 bridgehead atoms. The van der Waals surface area contributed by atoms with Crippen molar-refractivity contribution in [1.82, 2.24) is 9.97 Å². The largest absolute Gasteiger partial charge is 0.233 e. The molecule has 1 aromatic heterocycles. The topological polar surface area (TPSA) is 25.8 Å². The van der Waals surface area contributed by atoms with Crippen LogP contribution in [-0.2, 0) is 0 Å². The van der Waals surface area contributed by atoms with E-state index in [-0.39, 0.29) is 5.15 Å². The minimum absolute atomic E-state index is 0.271. The van der Waals surface area contributed by atoms with Gasteiger partial charge in [0.05, 0.1) is 5.69 Å². The molecule has 0 saturated heterocycles. The summed E-state index contributed by atoms with van der Waals surface area (Å²) in [5, 5.41) is 0.271. The van der Waals surface area contributed by atoms with Crippen LogP contribution in [0.2, 0.25) is 5.15 Å². The van der Waals surface area contributed by atoms with E-state index in [4.69, 9.17) is 11.6 Å². The zero-order chi connectivity index (χ0) is 11.7. The summed E-state index contributed by atoms with van der Waals surface area (Å²) in [4.78, 5) is 7.98. The Morgan fingerprint density at radius 2 is 1.81 bits per heavy atom. The van der Waals surface area contributed by atoms with E-state index in [1.165, 1.54) is 12.1 Å². The molecule has 0 spiro atoms. The minimum atomic E-state index is -0.912. The van der Waals surface area contributed by atoms with Gasteiger partial charge in [0.25, 0.3) is 0 Å².